The molecule has 0 aliphatic rings. The molecular formula is C17H22N4O3S. The maximum atomic E-state index is 12.3. The second-order valence-corrected chi connectivity index (χ2v) is 6.99. The van der Waals surface area contributed by atoms with Gasteiger partial charge in [-0.15, -0.1) is 0 Å². The molecule has 0 saturated carbocycles. The van der Waals surface area contributed by atoms with E-state index in [0.29, 0.717) is 28.5 Å². The van der Waals surface area contributed by atoms with Gasteiger partial charge in [-0.2, -0.15) is 0 Å². The van der Waals surface area contributed by atoms with Crippen LogP contribution in [0.3, 0.4) is 0 Å². The van der Waals surface area contributed by atoms with Crippen molar-refractivity contribution in [2.75, 3.05) is 12.3 Å². The zero-order chi connectivity index (χ0) is 18.4. The zero-order valence-corrected chi connectivity index (χ0v) is 15.4. The summed E-state index contributed by atoms with van der Waals surface area (Å²) >= 11 is 1.11. The number of nitrogens with zero attached hydrogens (tertiary/aromatic N) is 2. The highest BCUT2D eigenvalue weighted by molar-refractivity contribution is 7.99. The van der Waals surface area contributed by atoms with Crippen molar-refractivity contribution in [2.45, 2.75) is 25.4 Å². The van der Waals surface area contributed by atoms with Gasteiger partial charge >= 0.3 is 6.03 Å². The van der Waals surface area contributed by atoms with Gasteiger partial charge in [-0.25, -0.2) is 9.78 Å². The molecule has 2 rings (SSSR count). The van der Waals surface area contributed by atoms with Crippen molar-refractivity contribution in [3.05, 3.63) is 34.6 Å². The van der Waals surface area contributed by atoms with E-state index in [1.807, 2.05) is 0 Å². The van der Waals surface area contributed by atoms with Gasteiger partial charge < -0.3 is 5.32 Å². The number of hydrogen-bond donors (Lipinski definition) is 2. The Morgan fingerprint density at radius 1 is 1.28 bits per heavy atom. The number of para-hydroxylation sites is 1. The van der Waals surface area contributed by atoms with Crippen LogP contribution in [0.4, 0.5) is 4.79 Å². The lowest BCUT2D eigenvalue weighted by molar-refractivity contribution is -0.117. The number of thioether (sulfide) groups is 1. The van der Waals surface area contributed by atoms with Crippen LogP contribution in [0.25, 0.3) is 10.9 Å². The lowest BCUT2D eigenvalue weighted by Gasteiger charge is -2.09. The largest absolute Gasteiger partial charge is 0.338 e. The SMILES string of the molecule is CC(C)CCNC(=O)NC(=O)CSc1nc2ccccc2c(=O)n1C. The number of benzene rings is 1. The molecule has 0 bridgehead atoms. The standard InChI is InChI=1S/C17H22N4O3S/c1-11(2)8-9-18-16(24)20-14(22)10-25-17-19-13-7-5-4-6-12(13)15(23)21(17)3/h4-7,11H,8-10H2,1-3H3,(H2,18,20,22,24). The number of carbonyl (C=O) groups is 2. The molecule has 8 heteroatoms. The highest BCUT2D eigenvalue weighted by Gasteiger charge is 2.12. The first kappa shape index (κ1) is 19.0. The first-order valence-electron chi connectivity index (χ1n) is 8.04. The molecule has 0 saturated heterocycles. The second-order valence-electron chi connectivity index (χ2n) is 6.05. The fraction of sp³-hybridized carbons (Fsp3) is 0.412. The summed E-state index contributed by atoms with van der Waals surface area (Å²) in [5, 5.41) is 5.87. The van der Waals surface area contributed by atoms with Crippen LogP contribution in [0, 0.1) is 5.92 Å². The van der Waals surface area contributed by atoms with E-state index in [2.05, 4.69) is 29.5 Å². The minimum Gasteiger partial charge on any atom is -0.338 e. The van der Waals surface area contributed by atoms with Gasteiger partial charge in [0.15, 0.2) is 5.16 Å². The summed E-state index contributed by atoms with van der Waals surface area (Å²) in [5.74, 6) is 0.0391. The summed E-state index contributed by atoms with van der Waals surface area (Å²) < 4.78 is 1.41. The van der Waals surface area contributed by atoms with Crippen molar-refractivity contribution in [1.29, 1.82) is 0 Å². The number of hydrogen-bond acceptors (Lipinski definition) is 5. The van der Waals surface area contributed by atoms with Crippen LogP contribution in [0.1, 0.15) is 20.3 Å². The van der Waals surface area contributed by atoms with Gasteiger partial charge in [0.2, 0.25) is 5.91 Å². The smallest absolute Gasteiger partial charge is 0.321 e. The topological polar surface area (TPSA) is 93.1 Å². The summed E-state index contributed by atoms with van der Waals surface area (Å²) in [7, 11) is 1.61. The summed E-state index contributed by atoms with van der Waals surface area (Å²) in [5.41, 5.74) is 0.417. The van der Waals surface area contributed by atoms with Crippen molar-refractivity contribution in [3.8, 4) is 0 Å². The summed E-state index contributed by atoms with van der Waals surface area (Å²) in [4.78, 5) is 40.2. The number of amides is 3. The first-order chi connectivity index (χ1) is 11.9. The molecule has 0 spiro atoms. The Bertz CT molecular complexity index is 832. The number of aromatic nitrogens is 2. The van der Waals surface area contributed by atoms with Crippen LogP contribution in [-0.2, 0) is 11.8 Å². The van der Waals surface area contributed by atoms with Gasteiger partial charge in [-0.3, -0.25) is 19.5 Å². The van der Waals surface area contributed by atoms with E-state index < -0.39 is 11.9 Å². The maximum absolute atomic E-state index is 12.3. The third-order valence-corrected chi connectivity index (χ3v) is 4.56. The Kier molecular flexibility index (Phi) is 6.58. The van der Waals surface area contributed by atoms with E-state index in [1.54, 1.807) is 31.3 Å². The number of urea groups is 1. The molecule has 134 valence electrons. The molecule has 0 radical (unpaired) electrons. The lowest BCUT2D eigenvalue weighted by atomic mass is 10.1. The number of nitrogens with one attached hydrogen (secondary N) is 2. The summed E-state index contributed by atoms with van der Waals surface area (Å²) in [6.07, 6.45) is 0.847. The third-order valence-electron chi connectivity index (χ3n) is 3.53. The predicted molar refractivity (Wildman–Crippen MR) is 98.7 cm³/mol. The Hall–Kier alpha value is -2.35. The van der Waals surface area contributed by atoms with Crippen LogP contribution in [0.15, 0.2) is 34.2 Å². The van der Waals surface area contributed by atoms with Gasteiger partial charge in [0.05, 0.1) is 16.7 Å². The average molecular weight is 362 g/mol. The molecule has 1 heterocycles. The number of rotatable bonds is 6. The van der Waals surface area contributed by atoms with Crippen molar-refractivity contribution in [2.24, 2.45) is 13.0 Å². The van der Waals surface area contributed by atoms with Gasteiger partial charge in [0.25, 0.3) is 5.56 Å². The molecule has 25 heavy (non-hydrogen) atoms. The van der Waals surface area contributed by atoms with Crippen LogP contribution >= 0.6 is 11.8 Å². The molecule has 2 aromatic rings. The molecule has 0 atom stereocenters. The Labute approximate surface area is 150 Å². The average Bonchev–Trinajstić information content (AvgIpc) is 2.56. The van der Waals surface area contributed by atoms with E-state index >= 15 is 0 Å². The second kappa shape index (κ2) is 8.66. The predicted octanol–water partition coefficient (Wildman–Crippen LogP) is 1.90. The molecule has 0 fully saturated rings. The molecular weight excluding hydrogens is 340 g/mol. The number of imide groups is 1. The molecule has 1 aromatic heterocycles. The molecule has 0 unspecified atom stereocenters. The molecule has 7 nitrogen and oxygen atoms in total. The van der Waals surface area contributed by atoms with Gasteiger partial charge in [-0.1, -0.05) is 37.7 Å². The van der Waals surface area contributed by atoms with E-state index in [0.717, 1.165) is 18.2 Å². The number of fused-ring (bicyclic) bond motifs is 1. The fourth-order valence-electron chi connectivity index (χ4n) is 2.14. The van der Waals surface area contributed by atoms with Crippen LogP contribution < -0.4 is 16.2 Å². The molecule has 0 aliphatic carbocycles. The maximum Gasteiger partial charge on any atom is 0.321 e. The zero-order valence-electron chi connectivity index (χ0n) is 14.5. The molecule has 2 N–H and O–H groups in total. The van der Waals surface area contributed by atoms with E-state index in [4.69, 9.17) is 0 Å². The fourth-order valence-corrected chi connectivity index (χ4v) is 2.91. The van der Waals surface area contributed by atoms with Crippen molar-refractivity contribution >= 4 is 34.6 Å². The summed E-state index contributed by atoms with van der Waals surface area (Å²) in [6.45, 7) is 4.63. The van der Waals surface area contributed by atoms with Gasteiger partial charge in [-0.05, 0) is 24.5 Å². The molecule has 1 aromatic carbocycles. The Balaban J connectivity index is 1.94. The van der Waals surface area contributed by atoms with E-state index in [9.17, 15) is 14.4 Å². The van der Waals surface area contributed by atoms with Crippen molar-refractivity contribution in [3.63, 3.8) is 0 Å². The third kappa shape index (κ3) is 5.32. The summed E-state index contributed by atoms with van der Waals surface area (Å²) in [6, 6.07) is 6.55. The highest BCUT2D eigenvalue weighted by Crippen LogP contribution is 2.16. The van der Waals surface area contributed by atoms with Crippen LogP contribution in [0.5, 0.6) is 0 Å². The van der Waals surface area contributed by atoms with Gasteiger partial charge in [0, 0.05) is 13.6 Å². The number of carbonyl (C=O) groups excluding carboxylic acids is 2. The van der Waals surface area contributed by atoms with Crippen LogP contribution in [0.2, 0.25) is 0 Å². The lowest BCUT2D eigenvalue weighted by Crippen LogP contribution is -2.41. The minimum atomic E-state index is -0.508. The van der Waals surface area contributed by atoms with E-state index in [1.165, 1.54) is 4.57 Å². The molecule has 3 amide bonds. The quantitative estimate of drug-likeness (QED) is 0.605. The van der Waals surface area contributed by atoms with Crippen molar-refractivity contribution < 1.29 is 9.59 Å². The highest BCUT2D eigenvalue weighted by atomic mass is 32.2. The first-order valence-corrected chi connectivity index (χ1v) is 9.03. The monoisotopic (exact) mass is 362 g/mol. The molecule has 0 aliphatic heterocycles. The van der Waals surface area contributed by atoms with Crippen molar-refractivity contribution in [1.82, 2.24) is 20.2 Å². The van der Waals surface area contributed by atoms with Gasteiger partial charge in [0.1, 0.15) is 0 Å². The Morgan fingerprint density at radius 3 is 2.72 bits per heavy atom. The van der Waals surface area contributed by atoms with E-state index in [-0.39, 0.29) is 11.3 Å². The normalized spacial score (nSPS) is 10.9. The van der Waals surface area contributed by atoms with Crippen LogP contribution in [-0.4, -0.2) is 33.8 Å². The minimum absolute atomic E-state index is 0.00375. The Morgan fingerprint density at radius 2 is 2.00 bits per heavy atom.